The average Bonchev–Trinajstić information content (AvgIpc) is 3.48. The van der Waals surface area contributed by atoms with Crippen LogP contribution in [0.3, 0.4) is 0 Å². The number of nitrogens with zero attached hydrogens (tertiary/aromatic N) is 3. The first-order valence-electron chi connectivity index (χ1n) is 9.82. The van der Waals surface area contributed by atoms with Gasteiger partial charge in [-0.15, -0.1) is 11.3 Å². The van der Waals surface area contributed by atoms with Gasteiger partial charge in [0.2, 0.25) is 0 Å². The van der Waals surface area contributed by atoms with Crippen molar-refractivity contribution in [3.8, 4) is 11.5 Å². The molecule has 31 heavy (non-hydrogen) atoms. The van der Waals surface area contributed by atoms with Crippen molar-refractivity contribution in [2.45, 2.75) is 6.54 Å². The zero-order valence-electron chi connectivity index (χ0n) is 16.5. The van der Waals surface area contributed by atoms with Crippen LogP contribution in [-0.4, -0.2) is 21.0 Å². The number of nitrogens with one attached hydrogen (secondary N) is 2. The van der Waals surface area contributed by atoms with Gasteiger partial charge in [-0.25, -0.2) is 14.8 Å². The Hall–Kier alpha value is -3.97. The van der Waals surface area contributed by atoms with Crippen LogP contribution in [0.4, 0.5) is 16.2 Å². The fraction of sp³-hybridized carbons (Fsp3) is 0.0417. The number of fused-ring (bicyclic) bond motifs is 1. The summed E-state index contributed by atoms with van der Waals surface area (Å²) in [4.78, 5) is 27.1. The number of H-pyrrole nitrogens is 1. The first-order valence-corrected chi connectivity index (χ1v) is 10.8. The van der Waals surface area contributed by atoms with Crippen LogP contribution in [0.15, 0.2) is 89.8 Å². The van der Waals surface area contributed by atoms with Crippen molar-refractivity contribution >= 4 is 39.8 Å². The SMILES string of the molecule is O=C(Nc1ccc2nc(-c3cscn3)[nH]c2c1)N(Cc1ccccc1)c1ccccc1. The number of carbonyl (C=O) groups excluding carboxylic acids is 1. The maximum absolute atomic E-state index is 13.2. The van der Waals surface area contributed by atoms with Gasteiger partial charge in [0.25, 0.3) is 0 Å². The molecule has 0 unspecified atom stereocenters. The highest BCUT2D eigenvalue weighted by atomic mass is 32.1. The summed E-state index contributed by atoms with van der Waals surface area (Å²) in [5.41, 5.74) is 6.83. The molecule has 152 valence electrons. The Morgan fingerprint density at radius 1 is 1.00 bits per heavy atom. The predicted molar refractivity (Wildman–Crippen MR) is 125 cm³/mol. The van der Waals surface area contributed by atoms with Crippen LogP contribution >= 0.6 is 11.3 Å². The Bertz CT molecular complexity index is 1300. The summed E-state index contributed by atoms with van der Waals surface area (Å²) in [5, 5.41) is 4.97. The van der Waals surface area contributed by atoms with E-state index >= 15 is 0 Å². The monoisotopic (exact) mass is 425 g/mol. The fourth-order valence-corrected chi connectivity index (χ4v) is 3.92. The molecule has 3 aromatic carbocycles. The summed E-state index contributed by atoms with van der Waals surface area (Å²) in [6.45, 7) is 0.469. The number of hydrogen-bond acceptors (Lipinski definition) is 4. The summed E-state index contributed by atoms with van der Waals surface area (Å²) >= 11 is 1.52. The smallest absolute Gasteiger partial charge is 0.326 e. The minimum absolute atomic E-state index is 0.200. The minimum atomic E-state index is -0.200. The van der Waals surface area contributed by atoms with E-state index in [0.717, 1.165) is 33.8 Å². The Kier molecular flexibility index (Phi) is 5.16. The number of aromatic amines is 1. The third-order valence-electron chi connectivity index (χ3n) is 4.90. The molecule has 0 radical (unpaired) electrons. The van der Waals surface area contributed by atoms with E-state index < -0.39 is 0 Å². The Labute approximate surface area is 183 Å². The second-order valence-corrected chi connectivity index (χ2v) is 7.75. The predicted octanol–water partition coefficient (Wildman–Crippen LogP) is 5.93. The second-order valence-electron chi connectivity index (χ2n) is 7.03. The van der Waals surface area contributed by atoms with E-state index in [4.69, 9.17) is 0 Å². The van der Waals surface area contributed by atoms with E-state index in [1.54, 1.807) is 10.4 Å². The van der Waals surface area contributed by atoms with Crippen LogP contribution < -0.4 is 10.2 Å². The number of urea groups is 1. The highest BCUT2D eigenvalue weighted by Crippen LogP contribution is 2.24. The van der Waals surface area contributed by atoms with Crippen molar-refractivity contribution in [3.63, 3.8) is 0 Å². The highest BCUT2D eigenvalue weighted by molar-refractivity contribution is 7.07. The van der Waals surface area contributed by atoms with Crippen LogP contribution in [0.2, 0.25) is 0 Å². The normalized spacial score (nSPS) is 10.8. The van der Waals surface area contributed by atoms with E-state index in [1.165, 1.54) is 11.3 Å². The molecule has 2 aromatic heterocycles. The molecule has 6 nitrogen and oxygen atoms in total. The topological polar surface area (TPSA) is 73.9 Å². The number of carbonyl (C=O) groups is 1. The molecule has 0 spiro atoms. The zero-order chi connectivity index (χ0) is 21.0. The van der Waals surface area contributed by atoms with Crippen molar-refractivity contribution in [3.05, 3.63) is 95.3 Å². The number of anilines is 2. The van der Waals surface area contributed by atoms with Crippen molar-refractivity contribution < 1.29 is 4.79 Å². The van der Waals surface area contributed by atoms with Gasteiger partial charge >= 0.3 is 6.03 Å². The van der Waals surface area contributed by atoms with Gasteiger partial charge in [-0.2, -0.15) is 0 Å². The van der Waals surface area contributed by atoms with Crippen molar-refractivity contribution in [1.82, 2.24) is 15.0 Å². The Balaban J connectivity index is 1.41. The van der Waals surface area contributed by atoms with Crippen molar-refractivity contribution in [1.29, 1.82) is 0 Å². The fourth-order valence-electron chi connectivity index (χ4n) is 3.38. The van der Waals surface area contributed by atoms with Crippen molar-refractivity contribution in [2.24, 2.45) is 0 Å². The Morgan fingerprint density at radius 2 is 1.77 bits per heavy atom. The van der Waals surface area contributed by atoms with Crippen LogP contribution in [0, 0.1) is 0 Å². The number of hydrogen-bond donors (Lipinski definition) is 2. The summed E-state index contributed by atoms with van der Waals surface area (Å²) in [6.07, 6.45) is 0. The number of rotatable bonds is 5. The lowest BCUT2D eigenvalue weighted by atomic mass is 10.2. The molecule has 0 aliphatic carbocycles. The molecular weight excluding hydrogens is 406 g/mol. The number of thiazole rings is 1. The van der Waals surface area contributed by atoms with Crippen LogP contribution in [0.1, 0.15) is 5.56 Å². The number of aromatic nitrogens is 3. The molecule has 0 aliphatic rings. The van der Waals surface area contributed by atoms with Gasteiger partial charge in [0.15, 0.2) is 5.82 Å². The zero-order valence-corrected chi connectivity index (χ0v) is 17.3. The van der Waals surface area contributed by atoms with Gasteiger partial charge in [-0.3, -0.25) is 4.90 Å². The lowest BCUT2D eigenvalue weighted by Crippen LogP contribution is -2.34. The molecule has 5 rings (SSSR count). The van der Waals surface area contributed by atoms with E-state index in [0.29, 0.717) is 12.2 Å². The minimum Gasteiger partial charge on any atom is -0.337 e. The van der Waals surface area contributed by atoms with Gasteiger partial charge in [-0.05, 0) is 35.9 Å². The van der Waals surface area contributed by atoms with Gasteiger partial charge in [0, 0.05) is 16.8 Å². The molecule has 0 aliphatic heterocycles. The summed E-state index contributed by atoms with van der Waals surface area (Å²) in [5.74, 6) is 0.717. The number of amides is 2. The summed E-state index contributed by atoms with van der Waals surface area (Å²) in [6, 6.07) is 25.0. The number of para-hydroxylation sites is 1. The molecule has 0 saturated heterocycles. The summed E-state index contributed by atoms with van der Waals surface area (Å²) < 4.78 is 0. The maximum atomic E-state index is 13.2. The molecule has 0 atom stereocenters. The maximum Gasteiger partial charge on any atom is 0.326 e. The molecule has 0 bridgehead atoms. The highest BCUT2D eigenvalue weighted by Gasteiger charge is 2.17. The molecule has 2 amide bonds. The molecule has 7 heteroatoms. The number of benzene rings is 3. The van der Waals surface area contributed by atoms with Gasteiger partial charge in [0.05, 0.1) is 23.1 Å². The standard InChI is InChI=1S/C24H19N5OS/c30-24(29(19-9-5-2-6-10-19)14-17-7-3-1-4-8-17)26-18-11-12-20-21(13-18)28-23(27-20)22-15-31-16-25-22/h1-13,15-16H,14H2,(H,26,30)(H,27,28). The molecule has 2 N–H and O–H groups in total. The molecule has 2 heterocycles. The van der Waals surface area contributed by atoms with Gasteiger partial charge in [0.1, 0.15) is 5.69 Å². The lowest BCUT2D eigenvalue weighted by molar-refractivity contribution is 0.256. The molecule has 0 saturated carbocycles. The van der Waals surface area contributed by atoms with E-state index in [1.807, 2.05) is 84.2 Å². The first-order chi connectivity index (χ1) is 15.3. The summed E-state index contributed by atoms with van der Waals surface area (Å²) in [7, 11) is 0. The van der Waals surface area contributed by atoms with E-state index in [-0.39, 0.29) is 6.03 Å². The van der Waals surface area contributed by atoms with Gasteiger partial charge in [-0.1, -0.05) is 48.5 Å². The third kappa shape index (κ3) is 4.17. The first kappa shape index (κ1) is 19.0. The second kappa shape index (κ2) is 8.41. The van der Waals surface area contributed by atoms with E-state index in [9.17, 15) is 4.79 Å². The van der Waals surface area contributed by atoms with Gasteiger partial charge < -0.3 is 10.3 Å². The molecular formula is C24H19N5OS. The molecule has 0 fully saturated rings. The Morgan fingerprint density at radius 3 is 2.52 bits per heavy atom. The third-order valence-corrected chi connectivity index (χ3v) is 5.49. The lowest BCUT2D eigenvalue weighted by Gasteiger charge is -2.23. The van der Waals surface area contributed by atoms with Crippen LogP contribution in [0.5, 0.6) is 0 Å². The van der Waals surface area contributed by atoms with E-state index in [2.05, 4.69) is 20.3 Å². The van der Waals surface area contributed by atoms with Crippen molar-refractivity contribution in [2.75, 3.05) is 10.2 Å². The quantitative estimate of drug-likeness (QED) is 0.367. The molecule has 5 aromatic rings. The number of imidazole rings is 1. The van der Waals surface area contributed by atoms with Crippen LogP contribution in [0.25, 0.3) is 22.6 Å². The largest absolute Gasteiger partial charge is 0.337 e. The average molecular weight is 426 g/mol. The van der Waals surface area contributed by atoms with Crippen LogP contribution in [-0.2, 0) is 6.54 Å².